The average molecular weight is 187 g/mol. The van der Waals surface area contributed by atoms with Crippen LogP contribution in [0.3, 0.4) is 0 Å². The number of rotatable bonds is 5. The Morgan fingerprint density at radius 3 is 2.86 bits per heavy atom. The predicted octanol–water partition coefficient (Wildman–Crippen LogP) is 3.92. The van der Waals surface area contributed by atoms with E-state index in [0.717, 1.165) is 12.1 Å². The number of benzene rings is 1. The maximum absolute atomic E-state index is 4.33. The molecule has 0 saturated carbocycles. The predicted molar refractivity (Wildman–Crippen MR) is 63.4 cm³/mol. The van der Waals surface area contributed by atoms with Gasteiger partial charge < -0.3 is 0 Å². The number of hydrogen-bond acceptors (Lipinski definition) is 1. The fourth-order valence-electron chi connectivity index (χ4n) is 1.35. The molecule has 0 amide bonds. The van der Waals surface area contributed by atoms with Crippen LogP contribution in [0.25, 0.3) is 0 Å². The number of para-hydroxylation sites is 1. The molecule has 0 aromatic heterocycles. The molecule has 0 unspecified atom stereocenters. The summed E-state index contributed by atoms with van der Waals surface area (Å²) in [6.45, 7) is 5.82. The van der Waals surface area contributed by atoms with Crippen molar-refractivity contribution in [1.29, 1.82) is 0 Å². The number of allylic oxidation sites excluding steroid dienone is 1. The van der Waals surface area contributed by atoms with Crippen LogP contribution in [0.5, 0.6) is 0 Å². The largest absolute Gasteiger partial charge is 0.257 e. The highest BCUT2D eigenvalue weighted by atomic mass is 14.7. The van der Waals surface area contributed by atoms with Gasteiger partial charge in [-0.15, -0.1) is 0 Å². The minimum Gasteiger partial charge on any atom is -0.257 e. The summed E-state index contributed by atoms with van der Waals surface area (Å²) in [6, 6.07) is 8.28. The Balaban J connectivity index is 2.79. The number of aryl methyl sites for hydroxylation is 1. The molecule has 14 heavy (non-hydrogen) atoms. The van der Waals surface area contributed by atoms with E-state index in [9.17, 15) is 0 Å². The minimum absolute atomic E-state index is 1.07. The van der Waals surface area contributed by atoms with Gasteiger partial charge in [0.15, 0.2) is 0 Å². The molecule has 0 aliphatic rings. The molecule has 0 spiro atoms. The van der Waals surface area contributed by atoms with Gasteiger partial charge in [-0.25, -0.2) is 0 Å². The van der Waals surface area contributed by atoms with Crippen LogP contribution in [-0.2, 0) is 6.42 Å². The molecule has 1 heteroatoms. The van der Waals surface area contributed by atoms with E-state index < -0.39 is 0 Å². The molecule has 74 valence electrons. The zero-order valence-corrected chi connectivity index (χ0v) is 8.74. The fraction of sp³-hybridized carbons (Fsp3) is 0.308. The second-order valence-electron chi connectivity index (χ2n) is 3.25. The fourth-order valence-corrected chi connectivity index (χ4v) is 1.35. The summed E-state index contributed by atoms with van der Waals surface area (Å²) in [5, 5.41) is 0. The number of aliphatic imine (C=N–C) groups is 1. The van der Waals surface area contributed by atoms with Crippen LogP contribution in [0.1, 0.15) is 25.3 Å². The standard InChI is InChI=1S/C13H17N/c1-3-5-8-12-9-6-7-10-13(12)14-11-4-2/h4,6-7,9-11H,2-3,5,8H2,1H3. The second kappa shape index (κ2) is 6.14. The van der Waals surface area contributed by atoms with Gasteiger partial charge in [0.25, 0.3) is 0 Å². The molecule has 1 aromatic carbocycles. The quantitative estimate of drug-likeness (QED) is 0.619. The van der Waals surface area contributed by atoms with Gasteiger partial charge in [0, 0.05) is 6.21 Å². The third kappa shape index (κ3) is 3.17. The van der Waals surface area contributed by atoms with Crippen LogP contribution in [0.2, 0.25) is 0 Å². The normalized spacial score (nSPS) is 10.6. The molecule has 0 fully saturated rings. The molecule has 0 atom stereocenters. The second-order valence-corrected chi connectivity index (χ2v) is 3.25. The lowest BCUT2D eigenvalue weighted by atomic mass is 10.1. The molecular formula is C13H17N. The van der Waals surface area contributed by atoms with E-state index in [1.165, 1.54) is 18.4 Å². The first-order chi connectivity index (χ1) is 6.88. The maximum Gasteiger partial charge on any atom is 0.0661 e. The summed E-state index contributed by atoms with van der Waals surface area (Å²) in [4.78, 5) is 4.33. The van der Waals surface area contributed by atoms with Crippen LogP contribution in [0, 0.1) is 0 Å². The first-order valence-electron chi connectivity index (χ1n) is 5.11. The van der Waals surface area contributed by atoms with Crippen molar-refractivity contribution in [2.75, 3.05) is 0 Å². The van der Waals surface area contributed by atoms with E-state index >= 15 is 0 Å². The SMILES string of the molecule is C=CC=Nc1ccccc1CCCC. The summed E-state index contributed by atoms with van der Waals surface area (Å²) in [5.41, 5.74) is 2.40. The van der Waals surface area contributed by atoms with Crippen molar-refractivity contribution in [1.82, 2.24) is 0 Å². The summed E-state index contributed by atoms with van der Waals surface area (Å²) < 4.78 is 0. The number of unbranched alkanes of at least 4 members (excludes halogenated alkanes) is 1. The summed E-state index contributed by atoms with van der Waals surface area (Å²) in [7, 11) is 0. The molecule has 1 aromatic rings. The van der Waals surface area contributed by atoms with Crippen molar-refractivity contribution in [3.05, 3.63) is 42.5 Å². The highest BCUT2D eigenvalue weighted by Crippen LogP contribution is 2.20. The molecule has 0 N–H and O–H groups in total. The molecule has 1 nitrogen and oxygen atoms in total. The monoisotopic (exact) mass is 187 g/mol. The highest BCUT2D eigenvalue weighted by Gasteiger charge is 1.97. The molecule has 0 bridgehead atoms. The lowest BCUT2D eigenvalue weighted by Crippen LogP contribution is -1.85. The van der Waals surface area contributed by atoms with Crippen molar-refractivity contribution in [2.45, 2.75) is 26.2 Å². The van der Waals surface area contributed by atoms with Crippen molar-refractivity contribution < 1.29 is 0 Å². The van der Waals surface area contributed by atoms with Gasteiger partial charge in [0.05, 0.1) is 5.69 Å². The summed E-state index contributed by atoms with van der Waals surface area (Å²) in [6.07, 6.45) is 7.00. The van der Waals surface area contributed by atoms with Crippen LogP contribution in [-0.4, -0.2) is 6.21 Å². The van der Waals surface area contributed by atoms with E-state index in [0.29, 0.717) is 0 Å². The highest BCUT2D eigenvalue weighted by molar-refractivity contribution is 5.74. The third-order valence-corrected chi connectivity index (χ3v) is 2.11. The van der Waals surface area contributed by atoms with Crippen molar-refractivity contribution in [3.63, 3.8) is 0 Å². The zero-order chi connectivity index (χ0) is 10.2. The molecule has 1 rings (SSSR count). The van der Waals surface area contributed by atoms with E-state index in [2.05, 4.69) is 30.6 Å². The van der Waals surface area contributed by atoms with Crippen LogP contribution >= 0.6 is 0 Å². The molecule has 0 aliphatic carbocycles. The van der Waals surface area contributed by atoms with Gasteiger partial charge in [-0.3, -0.25) is 4.99 Å². The summed E-state index contributed by atoms with van der Waals surface area (Å²) >= 11 is 0. The molecule has 0 saturated heterocycles. The molecule has 0 aliphatic heterocycles. The molecular weight excluding hydrogens is 170 g/mol. The van der Waals surface area contributed by atoms with Gasteiger partial charge in [-0.05, 0) is 24.5 Å². The Bertz CT molecular complexity index is 313. The Labute approximate surface area is 86.2 Å². The Morgan fingerprint density at radius 2 is 2.14 bits per heavy atom. The van der Waals surface area contributed by atoms with Crippen molar-refractivity contribution in [3.8, 4) is 0 Å². The molecule has 0 radical (unpaired) electrons. The van der Waals surface area contributed by atoms with Gasteiger partial charge in [-0.1, -0.05) is 44.2 Å². The van der Waals surface area contributed by atoms with Gasteiger partial charge in [-0.2, -0.15) is 0 Å². The topological polar surface area (TPSA) is 12.4 Å². The Kier molecular flexibility index (Phi) is 4.70. The van der Waals surface area contributed by atoms with Crippen molar-refractivity contribution in [2.24, 2.45) is 4.99 Å². The summed E-state index contributed by atoms with van der Waals surface area (Å²) in [5.74, 6) is 0. The zero-order valence-electron chi connectivity index (χ0n) is 8.74. The van der Waals surface area contributed by atoms with Crippen LogP contribution in [0.15, 0.2) is 41.9 Å². The van der Waals surface area contributed by atoms with Crippen molar-refractivity contribution >= 4 is 11.9 Å². The van der Waals surface area contributed by atoms with E-state index in [1.807, 2.05) is 12.1 Å². The van der Waals surface area contributed by atoms with Crippen LogP contribution in [0.4, 0.5) is 5.69 Å². The average Bonchev–Trinajstić information content (AvgIpc) is 2.24. The number of nitrogens with zero attached hydrogens (tertiary/aromatic N) is 1. The first-order valence-corrected chi connectivity index (χ1v) is 5.11. The third-order valence-electron chi connectivity index (χ3n) is 2.11. The lowest BCUT2D eigenvalue weighted by molar-refractivity contribution is 0.795. The van der Waals surface area contributed by atoms with E-state index in [1.54, 1.807) is 12.3 Å². The maximum atomic E-state index is 4.33. The smallest absolute Gasteiger partial charge is 0.0661 e. The Hall–Kier alpha value is -1.37. The van der Waals surface area contributed by atoms with E-state index in [-0.39, 0.29) is 0 Å². The van der Waals surface area contributed by atoms with Gasteiger partial charge in [0.2, 0.25) is 0 Å². The first kappa shape index (κ1) is 10.7. The Morgan fingerprint density at radius 1 is 1.36 bits per heavy atom. The van der Waals surface area contributed by atoms with Crippen LogP contribution < -0.4 is 0 Å². The molecule has 0 heterocycles. The lowest BCUT2D eigenvalue weighted by Gasteiger charge is -2.03. The number of hydrogen-bond donors (Lipinski definition) is 0. The minimum atomic E-state index is 1.07. The van der Waals surface area contributed by atoms with E-state index in [4.69, 9.17) is 0 Å². The van der Waals surface area contributed by atoms with Gasteiger partial charge >= 0.3 is 0 Å². The van der Waals surface area contributed by atoms with Gasteiger partial charge in [0.1, 0.15) is 0 Å².